The second-order valence-electron chi connectivity index (χ2n) is 6.28. The van der Waals surface area contributed by atoms with Gasteiger partial charge in [-0.25, -0.2) is 0 Å². The minimum absolute atomic E-state index is 0.0366. The van der Waals surface area contributed by atoms with Gasteiger partial charge in [0, 0.05) is 25.9 Å². The van der Waals surface area contributed by atoms with Gasteiger partial charge in [-0.1, -0.05) is 12.1 Å². The van der Waals surface area contributed by atoms with Crippen molar-refractivity contribution >= 4 is 17.5 Å². The molecule has 4 rings (SSSR count). The van der Waals surface area contributed by atoms with E-state index in [1.165, 1.54) is 0 Å². The van der Waals surface area contributed by atoms with Crippen molar-refractivity contribution in [3.8, 4) is 5.75 Å². The Morgan fingerprint density at radius 3 is 2.67 bits per heavy atom. The fourth-order valence-electron chi connectivity index (χ4n) is 3.40. The van der Waals surface area contributed by atoms with Crippen molar-refractivity contribution in [2.75, 3.05) is 31.6 Å². The minimum atomic E-state index is -0.790. The Morgan fingerprint density at radius 2 is 1.92 bits per heavy atom. The number of amides is 2. The zero-order valence-electron chi connectivity index (χ0n) is 13.3. The van der Waals surface area contributed by atoms with Gasteiger partial charge in [0.25, 0.3) is 5.91 Å². The van der Waals surface area contributed by atoms with Gasteiger partial charge >= 0.3 is 0 Å². The number of carbonyl (C=O) groups excluding carboxylic acids is 2. The average molecular weight is 332 g/mol. The van der Waals surface area contributed by atoms with E-state index in [9.17, 15) is 9.59 Å². The molecular formula is C17H20N2O5. The third-order valence-electron chi connectivity index (χ3n) is 4.76. The second kappa shape index (κ2) is 6.07. The zero-order valence-corrected chi connectivity index (χ0v) is 13.3. The summed E-state index contributed by atoms with van der Waals surface area (Å²) in [7, 11) is 0. The van der Waals surface area contributed by atoms with E-state index in [2.05, 4.69) is 5.32 Å². The number of rotatable bonds is 2. The molecule has 3 aliphatic rings. The van der Waals surface area contributed by atoms with Crippen LogP contribution in [0.4, 0.5) is 5.69 Å². The van der Waals surface area contributed by atoms with Crippen LogP contribution in [0.25, 0.3) is 0 Å². The van der Waals surface area contributed by atoms with E-state index in [1.807, 2.05) is 12.1 Å². The Morgan fingerprint density at radius 1 is 1.21 bits per heavy atom. The predicted octanol–water partition coefficient (Wildman–Crippen LogP) is 1.14. The molecular weight excluding hydrogens is 312 g/mol. The highest BCUT2D eigenvalue weighted by Gasteiger charge is 2.41. The van der Waals surface area contributed by atoms with Crippen molar-refractivity contribution in [3.05, 3.63) is 24.3 Å². The van der Waals surface area contributed by atoms with Crippen LogP contribution in [0.1, 0.15) is 19.3 Å². The molecule has 2 amide bonds. The van der Waals surface area contributed by atoms with Crippen LogP contribution in [0.3, 0.4) is 0 Å². The lowest BCUT2D eigenvalue weighted by Crippen LogP contribution is -2.49. The molecule has 1 aromatic carbocycles. The first-order valence-corrected chi connectivity index (χ1v) is 8.27. The smallest absolute Gasteiger partial charge is 0.266 e. The summed E-state index contributed by atoms with van der Waals surface area (Å²) in [6, 6.07) is 7.22. The Kier molecular flexibility index (Phi) is 3.90. The lowest BCUT2D eigenvalue weighted by Gasteiger charge is -2.38. The summed E-state index contributed by atoms with van der Waals surface area (Å²) in [5.41, 5.74) is 0.640. The maximum atomic E-state index is 12.5. The van der Waals surface area contributed by atoms with E-state index in [0.29, 0.717) is 50.6 Å². The van der Waals surface area contributed by atoms with Crippen LogP contribution >= 0.6 is 0 Å². The quantitative estimate of drug-likeness (QED) is 0.879. The van der Waals surface area contributed by atoms with Crippen molar-refractivity contribution < 1.29 is 23.8 Å². The summed E-state index contributed by atoms with van der Waals surface area (Å²) >= 11 is 0. The highest BCUT2D eigenvalue weighted by atomic mass is 16.7. The third-order valence-corrected chi connectivity index (χ3v) is 4.76. The highest BCUT2D eigenvalue weighted by Crippen LogP contribution is 2.32. The molecule has 7 nitrogen and oxygen atoms in total. The summed E-state index contributed by atoms with van der Waals surface area (Å²) in [6.07, 6.45) is 0.579. The number of fused-ring (bicyclic) bond motifs is 1. The maximum absolute atomic E-state index is 12.5. The summed E-state index contributed by atoms with van der Waals surface area (Å²) in [5, 5.41) is 2.78. The van der Waals surface area contributed by atoms with E-state index >= 15 is 0 Å². The number of likely N-dealkylation sites (tertiary alicyclic amines) is 1. The van der Waals surface area contributed by atoms with E-state index in [-0.39, 0.29) is 18.2 Å². The van der Waals surface area contributed by atoms with Crippen LogP contribution in [0.2, 0.25) is 0 Å². The molecule has 128 valence electrons. The second-order valence-corrected chi connectivity index (χ2v) is 6.28. The van der Waals surface area contributed by atoms with Crippen LogP contribution in [0, 0.1) is 0 Å². The number of nitrogens with zero attached hydrogens (tertiary/aromatic N) is 1. The molecule has 2 saturated heterocycles. The molecule has 1 aromatic rings. The molecule has 1 unspecified atom stereocenters. The van der Waals surface area contributed by atoms with Crippen LogP contribution in [0.5, 0.6) is 5.75 Å². The fraction of sp³-hybridized carbons (Fsp3) is 0.529. The molecule has 3 heterocycles. The number of ether oxygens (including phenoxy) is 3. The number of hydrogen-bond donors (Lipinski definition) is 1. The van der Waals surface area contributed by atoms with E-state index in [4.69, 9.17) is 14.2 Å². The monoisotopic (exact) mass is 332 g/mol. The van der Waals surface area contributed by atoms with Gasteiger partial charge in [0.2, 0.25) is 5.91 Å². The van der Waals surface area contributed by atoms with Gasteiger partial charge in [0.15, 0.2) is 11.9 Å². The Hall–Kier alpha value is -2.12. The molecule has 2 fully saturated rings. The van der Waals surface area contributed by atoms with Gasteiger partial charge in [-0.2, -0.15) is 0 Å². The fourth-order valence-corrected chi connectivity index (χ4v) is 3.40. The standard InChI is InChI=1S/C17H20N2O5/c20-15(19-7-5-17(6-8-19)22-9-10-23-17)11-14-16(21)18-12-3-1-2-4-13(12)24-14/h1-4,14H,5-11H2,(H,18,21). The molecule has 0 aliphatic carbocycles. The van der Waals surface area contributed by atoms with Crippen molar-refractivity contribution in [2.45, 2.75) is 31.2 Å². The number of anilines is 1. The van der Waals surface area contributed by atoms with Gasteiger partial charge in [0.05, 0.1) is 25.3 Å². The van der Waals surface area contributed by atoms with Crippen molar-refractivity contribution in [2.24, 2.45) is 0 Å². The lowest BCUT2D eigenvalue weighted by atomic mass is 10.0. The summed E-state index contributed by atoms with van der Waals surface area (Å²) < 4.78 is 17.0. The first kappa shape index (κ1) is 15.4. The molecule has 24 heavy (non-hydrogen) atoms. The Balaban J connectivity index is 1.36. The molecule has 1 N–H and O–H groups in total. The average Bonchev–Trinajstić information content (AvgIpc) is 3.04. The zero-order chi connectivity index (χ0) is 16.6. The summed E-state index contributed by atoms with van der Waals surface area (Å²) in [5.74, 6) is -0.269. The Labute approximate surface area is 139 Å². The number of nitrogens with one attached hydrogen (secondary N) is 1. The number of piperidine rings is 1. The highest BCUT2D eigenvalue weighted by molar-refractivity contribution is 5.99. The van der Waals surface area contributed by atoms with E-state index < -0.39 is 11.9 Å². The van der Waals surface area contributed by atoms with Crippen molar-refractivity contribution in [1.29, 1.82) is 0 Å². The number of carbonyl (C=O) groups is 2. The normalized spacial score (nSPS) is 25.1. The molecule has 7 heteroatoms. The topological polar surface area (TPSA) is 77.1 Å². The number of para-hydroxylation sites is 2. The molecule has 1 atom stereocenters. The molecule has 3 aliphatic heterocycles. The number of benzene rings is 1. The Bertz CT molecular complexity index is 646. The van der Waals surface area contributed by atoms with E-state index in [1.54, 1.807) is 17.0 Å². The SMILES string of the molecule is O=C1Nc2ccccc2OC1CC(=O)N1CCC2(CC1)OCCO2. The van der Waals surface area contributed by atoms with Gasteiger partial charge in [-0.05, 0) is 12.1 Å². The van der Waals surface area contributed by atoms with E-state index in [0.717, 1.165) is 0 Å². The summed E-state index contributed by atoms with van der Waals surface area (Å²) in [4.78, 5) is 26.4. The molecule has 0 aromatic heterocycles. The van der Waals surface area contributed by atoms with Crippen molar-refractivity contribution in [1.82, 2.24) is 4.90 Å². The predicted molar refractivity (Wildman–Crippen MR) is 84.6 cm³/mol. The first-order valence-electron chi connectivity index (χ1n) is 8.27. The van der Waals surface area contributed by atoms with Gasteiger partial charge in [-0.15, -0.1) is 0 Å². The lowest BCUT2D eigenvalue weighted by molar-refractivity contribution is -0.187. The van der Waals surface area contributed by atoms with Crippen LogP contribution < -0.4 is 10.1 Å². The molecule has 1 spiro atoms. The molecule has 0 radical (unpaired) electrons. The van der Waals surface area contributed by atoms with Gasteiger partial charge in [-0.3, -0.25) is 9.59 Å². The largest absolute Gasteiger partial charge is 0.478 e. The molecule has 0 saturated carbocycles. The van der Waals surface area contributed by atoms with Gasteiger partial charge < -0.3 is 24.4 Å². The molecule has 0 bridgehead atoms. The number of hydrogen-bond acceptors (Lipinski definition) is 5. The minimum Gasteiger partial charge on any atom is -0.478 e. The van der Waals surface area contributed by atoms with Crippen LogP contribution in [-0.2, 0) is 19.1 Å². The van der Waals surface area contributed by atoms with Crippen LogP contribution in [0.15, 0.2) is 24.3 Å². The van der Waals surface area contributed by atoms with Crippen molar-refractivity contribution in [3.63, 3.8) is 0 Å². The third kappa shape index (κ3) is 2.85. The van der Waals surface area contributed by atoms with Gasteiger partial charge in [0.1, 0.15) is 5.75 Å². The maximum Gasteiger partial charge on any atom is 0.266 e. The summed E-state index contributed by atoms with van der Waals surface area (Å²) in [6.45, 7) is 2.38. The van der Waals surface area contributed by atoms with Crippen LogP contribution in [-0.4, -0.2) is 54.9 Å². The first-order chi connectivity index (χ1) is 11.7.